The van der Waals surface area contributed by atoms with E-state index in [0.29, 0.717) is 19.4 Å². The number of hydrogen-bond acceptors (Lipinski definition) is 5. The van der Waals surface area contributed by atoms with E-state index in [0.717, 1.165) is 17.0 Å². The van der Waals surface area contributed by atoms with Crippen LogP contribution in [-0.4, -0.2) is 23.5 Å². The molecule has 0 spiro atoms. The van der Waals surface area contributed by atoms with Gasteiger partial charge in [0, 0.05) is 12.0 Å². The average Bonchev–Trinajstić information content (AvgIpc) is 2.56. The van der Waals surface area contributed by atoms with Crippen molar-refractivity contribution in [2.45, 2.75) is 40.0 Å². The fourth-order valence-corrected chi connectivity index (χ4v) is 1.58. The van der Waals surface area contributed by atoms with Gasteiger partial charge in [0.15, 0.2) is 0 Å². The van der Waals surface area contributed by atoms with Gasteiger partial charge < -0.3 is 9.26 Å². The molecule has 1 heterocycles. The van der Waals surface area contributed by atoms with Gasteiger partial charge in [-0.2, -0.15) is 0 Å². The molecule has 0 aromatic carbocycles. The van der Waals surface area contributed by atoms with Crippen LogP contribution >= 0.6 is 0 Å². The predicted molar refractivity (Wildman–Crippen MR) is 60.6 cm³/mol. The highest BCUT2D eigenvalue weighted by molar-refractivity contribution is 5.95. The lowest BCUT2D eigenvalue weighted by atomic mass is 10.1. The van der Waals surface area contributed by atoms with Gasteiger partial charge >= 0.3 is 5.97 Å². The SMILES string of the molecule is CCOC(=O)CC(=O)CCc1c(C)noc1C. The van der Waals surface area contributed by atoms with Crippen LogP contribution in [0.2, 0.25) is 0 Å². The summed E-state index contributed by atoms with van der Waals surface area (Å²) in [7, 11) is 0. The summed E-state index contributed by atoms with van der Waals surface area (Å²) >= 11 is 0. The van der Waals surface area contributed by atoms with E-state index in [2.05, 4.69) is 5.16 Å². The highest BCUT2D eigenvalue weighted by atomic mass is 16.5. The normalized spacial score (nSPS) is 10.3. The molecule has 5 nitrogen and oxygen atoms in total. The second kappa shape index (κ2) is 6.18. The molecule has 0 atom stereocenters. The minimum atomic E-state index is -0.462. The number of hydrogen-bond donors (Lipinski definition) is 0. The Morgan fingerprint density at radius 2 is 2.06 bits per heavy atom. The second-order valence-electron chi connectivity index (χ2n) is 3.82. The van der Waals surface area contributed by atoms with Crippen LogP contribution in [0, 0.1) is 13.8 Å². The van der Waals surface area contributed by atoms with E-state index in [1.54, 1.807) is 6.92 Å². The lowest BCUT2D eigenvalue weighted by Crippen LogP contribution is -2.11. The number of carbonyl (C=O) groups is 2. The fourth-order valence-electron chi connectivity index (χ4n) is 1.58. The standard InChI is InChI=1S/C12H17NO4/c1-4-16-12(15)7-10(14)5-6-11-8(2)13-17-9(11)3/h4-7H2,1-3H3. The smallest absolute Gasteiger partial charge is 0.313 e. The maximum atomic E-state index is 11.5. The zero-order valence-electron chi connectivity index (χ0n) is 10.4. The molecule has 1 rings (SSSR count). The molecule has 0 saturated carbocycles. The summed E-state index contributed by atoms with van der Waals surface area (Å²) in [4.78, 5) is 22.6. The van der Waals surface area contributed by atoms with E-state index < -0.39 is 5.97 Å². The van der Waals surface area contributed by atoms with Crippen molar-refractivity contribution in [3.05, 3.63) is 17.0 Å². The Labute approximate surface area is 100 Å². The second-order valence-corrected chi connectivity index (χ2v) is 3.82. The fraction of sp³-hybridized carbons (Fsp3) is 0.583. The number of rotatable bonds is 6. The van der Waals surface area contributed by atoms with Crippen LogP contribution in [0.1, 0.15) is 36.8 Å². The first kappa shape index (κ1) is 13.4. The molecule has 0 N–H and O–H groups in total. The number of carbonyl (C=O) groups excluding carboxylic acids is 2. The molecule has 0 unspecified atom stereocenters. The maximum Gasteiger partial charge on any atom is 0.313 e. The molecule has 0 aliphatic rings. The summed E-state index contributed by atoms with van der Waals surface area (Å²) in [5.74, 6) is 0.145. The van der Waals surface area contributed by atoms with Gasteiger partial charge in [-0.25, -0.2) is 0 Å². The number of ether oxygens (including phenoxy) is 1. The van der Waals surface area contributed by atoms with E-state index >= 15 is 0 Å². The molecule has 5 heteroatoms. The largest absolute Gasteiger partial charge is 0.466 e. The molecule has 0 aliphatic heterocycles. The van der Waals surface area contributed by atoms with Crippen LogP contribution in [0.5, 0.6) is 0 Å². The van der Waals surface area contributed by atoms with Crippen molar-refractivity contribution in [2.75, 3.05) is 6.61 Å². The number of aryl methyl sites for hydroxylation is 2. The van der Waals surface area contributed by atoms with Crippen LogP contribution in [0.4, 0.5) is 0 Å². The Kier molecular flexibility index (Phi) is 4.87. The first-order valence-corrected chi connectivity index (χ1v) is 5.63. The van der Waals surface area contributed by atoms with E-state index in [4.69, 9.17) is 9.26 Å². The summed E-state index contributed by atoms with van der Waals surface area (Å²) < 4.78 is 9.70. The van der Waals surface area contributed by atoms with Crippen molar-refractivity contribution in [1.82, 2.24) is 5.16 Å². The van der Waals surface area contributed by atoms with Crippen molar-refractivity contribution in [2.24, 2.45) is 0 Å². The van der Waals surface area contributed by atoms with E-state index in [9.17, 15) is 9.59 Å². The van der Waals surface area contributed by atoms with E-state index in [-0.39, 0.29) is 12.2 Å². The highest BCUT2D eigenvalue weighted by Crippen LogP contribution is 2.14. The van der Waals surface area contributed by atoms with Crippen LogP contribution in [-0.2, 0) is 20.7 Å². The van der Waals surface area contributed by atoms with Crippen molar-refractivity contribution in [3.8, 4) is 0 Å². The Bertz CT molecular complexity index is 389. The molecule has 0 saturated heterocycles. The van der Waals surface area contributed by atoms with Gasteiger partial charge in [0.25, 0.3) is 0 Å². The van der Waals surface area contributed by atoms with Crippen LogP contribution in [0.15, 0.2) is 4.52 Å². The van der Waals surface area contributed by atoms with Crippen molar-refractivity contribution in [1.29, 1.82) is 0 Å². The molecule has 17 heavy (non-hydrogen) atoms. The zero-order valence-corrected chi connectivity index (χ0v) is 10.4. The molecule has 94 valence electrons. The summed E-state index contributed by atoms with van der Waals surface area (Å²) in [6, 6.07) is 0. The van der Waals surface area contributed by atoms with Crippen molar-refractivity contribution < 1.29 is 18.8 Å². The number of nitrogens with zero attached hydrogens (tertiary/aromatic N) is 1. The average molecular weight is 239 g/mol. The van der Waals surface area contributed by atoms with Crippen LogP contribution < -0.4 is 0 Å². The summed E-state index contributed by atoms with van der Waals surface area (Å²) in [6.07, 6.45) is 0.707. The summed E-state index contributed by atoms with van der Waals surface area (Å²) in [5.41, 5.74) is 1.74. The predicted octanol–water partition coefficient (Wildman–Crippen LogP) is 1.75. The van der Waals surface area contributed by atoms with Gasteiger partial charge in [-0.1, -0.05) is 5.16 Å². The number of ketones is 1. The molecule has 0 aliphatic carbocycles. The Morgan fingerprint density at radius 3 is 2.59 bits per heavy atom. The van der Waals surface area contributed by atoms with Crippen LogP contribution in [0.25, 0.3) is 0 Å². The Morgan fingerprint density at radius 1 is 1.35 bits per heavy atom. The lowest BCUT2D eigenvalue weighted by molar-refractivity contribution is -0.145. The van der Waals surface area contributed by atoms with Gasteiger partial charge in [0.1, 0.15) is 18.0 Å². The van der Waals surface area contributed by atoms with Gasteiger partial charge in [-0.15, -0.1) is 0 Å². The van der Waals surface area contributed by atoms with Crippen molar-refractivity contribution >= 4 is 11.8 Å². The molecule has 0 radical (unpaired) electrons. The van der Waals surface area contributed by atoms with Gasteiger partial charge in [0.2, 0.25) is 0 Å². The molecule has 0 bridgehead atoms. The van der Waals surface area contributed by atoms with E-state index in [1.807, 2.05) is 13.8 Å². The molecule has 0 amide bonds. The zero-order chi connectivity index (χ0) is 12.8. The first-order chi connectivity index (χ1) is 8.04. The molecule has 1 aromatic heterocycles. The first-order valence-electron chi connectivity index (χ1n) is 5.63. The number of esters is 1. The quantitative estimate of drug-likeness (QED) is 0.558. The van der Waals surface area contributed by atoms with E-state index in [1.165, 1.54) is 0 Å². The minimum Gasteiger partial charge on any atom is -0.466 e. The third-order valence-corrected chi connectivity index (χ3v) is 2.48. The monoisotopic (exact) mass is 239 g/mol. The Hall–Kier alpha value is -1.65. The number of Topliss-reactive ketones (excluding diaryl/α,β-unsaturated/α-hetero) is 1. The topological polar surface area (TPSA) is 69.4 Å². The van der Waals surface area contributed by atoms with Gasteiger partial charge in [-0.05, 0) is 27.2 Å². The van der Waals surface area contributed by atoms with Crippen LogP contribution in [0.3, 0.4) is 0 Å². The Balaban J connectivity index is 2.41. The lowest BCUT2D eigenvalue weighted by Gasteiger charge is -2.01. The number of aromatic nitrogens is 1. The summed E-state index contributed by atoms with van der Waals surface area (Å²) in [5, 5.41) is 3.81. The van der Waals surface area contributed by atoms with Gasteiger partial charge in [0.05, 0.1) is 12.3 Å². The minimum absolute atomic E-state index is 0.122. The molecule has 1 aromatic rings. The molecular weight excluding hydrogens is 222 g/mol. The van der Waals surface area contributed by atoms with Gasteiger partial charge in [-0.3, -0.25) is 9.59 Å². The molecular formula is C12H17NO4. The third-order valence-electron chi connectivity index (χ3n) is 2.48. The van der Waals surface area contributed by atoms with Crippen molar-refractivity contribution in [3.63, 3.8) is 0 Å². The highest BCUT2D eigenvalue weighted by Gasteiger charge is 2.14. The summed E-state index contributed by atoms with van der Waals surface area (Å²) in [6.45, 7) is 5.66. The molecule has 0 fully saturated rings. The third kappa shape index (κ3) is 4.01. The maximum absolute atomic E-state index is 11.5.